The molecule has 0 aromatic carbocycles. The third-order valence-electron chi connectivity index (χ3n) is 3.28. The normalized spacial score (nSPS) is 16.2. The van der Waals surface area contributed by atoms with Crippen molar-refractivity contribution >= 4 is 21.4 Å². The number of hydrogen-bond donors (Lipinski definition) is 1. The van der Waals surface area contributed by atoms with Crippen LogP contribution in [0.4, 0.5) is 0 Å². The Labute approximate surface area is 119 Å². The quantitative estimate of drug-likeness (QED) is 0.800. The molecule has 1 aromatic rings. The summed E-state index contributed by atoms with van der Waals surface area (Å²) in [5.41, 5.74) is 5.51. The predicted octanol–water partition coefficient (Wildman–Crippen LogP) is 2.20. The summed E-state index contributed by atoms with van der Waals surface area (Å²) in [6.45, 7) is 3.29. The van der Waals surface area contributed by atoms with Gasteiger partial charge in [-0.3, -0.25) is 0 Å². The molecule has 0 saturated heterocycles. The molecule has 1 fully saturated rings. The molecule has 1 aliphatic carbocycles. The Morgan fingerprint density at radius 2 is 2.16 bits per heavy atom. The van der Waals surface area contributed by atoms with Gasteiger partial charge in [0.15, 0.2) is 0 Å². The zero-order valence-electron chi connectivity index (χ0n) is 11.3. The first kappa shape index (κ1) is 15.0. The van der Waals surface area contributed by atoms with E-state index in [2.05, 4.69) is 6.92 Å². The van der Waals surface area contributed by atoms with Crippen LogP contribution in [0.3, 0.4) is 0 Å². The maximum absolute atomic E-state index is 12.6. The molecule has 0 bridgehead atoms. The fraction of sp³-hybridized carbons (Fsp3) is 0.692. The maximum Gasteiger partial charge on any atom is 0.252 e. The molecule has 1 aromatic heterocycles. The van der Waals surface area contributed by atoms with Crippen molar-refractivity contribution in [3.05, 3.63) is 17.0 Å². The average molecular weight is 302 g/mol. The molecule has 4 nitrogen and oxygen atoms in total. The Kier molecular flexibility index (Phi) is 5.00. The first-order valence-corrected chi connectivity index (χ1v) is 9.16. The molecule has 0 atom stereocenters. The van der Waals surface area contributed by atoms with E-state index >= 15 is 0 Å². The molecule has 2 rings (SSSR count). The van der Waals surface area contributed by atoms with E-state index in [-0.39, 0.29) is 6.04 Å². The Hall–Kier alpha value is -0.430. The maximum atomic E-state index is 12.6. The van der Waals surface area contributed by atoms with Crippen LogP contribution >= 0.6 is 11.3 Å². The molecule has 0 unspecified atom stereocenters. The van der Waals surface area contributed by atoms with Crippen molar-refractivity contribution in [2.24, 2.45) is 5.73 Å². The second-order valence-corrected chi connectivity index (χ2v) is 8.25. The lowest BCUT2D eigenvalue weighted by Crippen LogP contribution is -2.33. The van der Waals surface area contributed by atoms with Gasteiger partial charge in [0.2, 0.25) is 0 Å². The second kappa shape index (κ2) is 6.35. The van der Waals surface area contributed by atoms with E-state index in [9.17, 15) is 8.42 Å². The summed E-state index contributed by atoms with van der Waals surface area (Å²) in [5.74, 6) is 0. The highest BCUT2D eigenvalue weighted by atomic mass is 32.2. The van der Waals surface area contributed by atoms with Crippen LogP contribution in [0.25, 0.3) is 0 Å². The van der Waals surface area contributed by atoms with Crippen molar-refractivity contribution in [2.45, 2.75) is 49.3 Å². The number of unbranched alkanes of at least 4 members (excludes halogenated alkanes) is 1. The summed E-state index contributed by atoms with van der Waals surface area (Å²) in [5, 5.41) is 0. The van der Waals surface area contributed by atoms with Crippen LogP contribution in [0.2, 0.25) is 0 Å². The van der Waals surface area contributed by atoms with E-state index in [1.165, 1.54) is 11.3 Å². The van der Waals surface area contributed by atoms with Gasteiger partial charge in [-0.05, 0) is 44.4 Å². The number of nitrogens with two attached hydrogens (primary N) is 1. The van der Waals surface area contributed by atoms with E-state index in [0.29, 0.717) is 17.3 Å². The first-order valence-electron chi connectivity index (χ1n) is 6.90. The largest absolute Gasteiger partial charge is 0.330 e. The Bertz CT molecular complexity index is 506. The highest BCUT2D eigenvalue weighted by Gasteiger charge is 2.38. The van der Waals surface area contributed by atoms with Crippen LogP contribution in [-0.4, -0.2) is 31.9 Å². The zero-order valence-corrected chi connectivity index (χ0v) is 13.0. The summed E-state index contributed by atoms with van der Waals surface area (Å²) in [6.07, 6.45) is 4.70. The predicted molar refractivity (Wildman–Crippen MR) is 78.9 cm³/mol. The molecule has 0 amide bonds. The number of nitrogens with zero attached hydrogens (tertiary/aromatic N) is 1. The summed E-state index contributed by atoms with van der Waals surface area (Å²) < 4.78 is 27.5. The minimum absolute atomic E-state index is 0.233. The molecule has 19 heavy (non-hydrogen) atoms. The minimum Gasteiger partial charge on any atom is -0.330 e. The molecule has 1 saturated carbocycles. The minimum atomic E-state index is -3.30. The highest BCUT2D eigenvalue weighted by molar-refractivity contribution is 7.91. The monoisotopic (exact) mass is 302 g/mol. The number of thiophene rings is 1. The topological polar surface area (TPSA) is 63.4 Å². The van der Waals surface area contributed by atoms with Crippen LogP contribution in [0, 0.1) is 0 Å². The van der Waals surface area contributed by atoms with Gasteiger partial charge < -0.3 is 5.73 Å². The van der Waals surface area contributed by atoms with E-state index in [1.807, 2.05) is 6.07 Å². The van der Waals surface area contributed by atoms with Crippen LogP contribution in [0.1, 0.15) is 37.5 Å². The Morgan fingerprint density at radius 1 is 1.42 bits per heavy atom. The molecular weight excluding hydrogens is 280 g/mol. The lowest BCUT2D eigenvalue weighted by molar-refractivity contribution is 0.397. The van der Waals surface area contributed by atoms with Crippen molar-refractivity contribution in [3.63, 3.8) is 0 Å². The molecule has 2 N–H and O–H groups in total. The van der Waals surface area contributed by atoms with Gasteiger partial charge in [0.1, 0.15) is 4.21 Å². The van der Waals surface area contributed by atoms with E-state index in [1.54, 1.807) is 10.4 Å². The molecule has 1 heterocycles. The SMILES string of the molecule is CCCCN(C1CC1)S(=O)(=O)c1ccc(CCN)s1. The van der Waals surface area contributed by atoms with Crippen molar-refractivity contribution in [3.8, 4) is 0 Å². The second-order valence-electron chi connectivity index (χ2n) is 4.96. The first-order chi connectivity index (χ1) is 9.09. The van der Waals surface area contributed by atoms with Crippen molar-refractivity contribution in [2.75, 3.05) is 13.1 Å². The fourth-order valence-electron chi connectivity index (χ4n) is 2.06. The fourth-order valence-corrected chi connectivity index (χ4v) is 5.29. The highest BCUT2D eigenvalue weighted by Crippen LogP contribution is 2.34. The number of hydrogen-bond acceptors (Lipinski definition) is 4. The van der Waals surface area contributed by atoms with Gasteiger partial charge in [0.25, 0.3) is 10.0 Å². The van der Waals surface area contributed by atoms with E-state index < -0.39 is 10.0 Å². The molecule has 6 heteroatoms. The lowest BCUT2D eigenvalue weighted by Gasteiger charge is -2.20. The smallest absolute Gasteiger partial charge is 0.252 e. The molecular formula is C13H22N2O2S2. The zero-order chi connectivity index (χ0) is 13.9. The van der Waals surface area contributed by atoms with Gasteiger partial charge in [0.05, 0.1) is 0 Å². The van der Waals surface area contributed by atoms with Gasteiger partial charge in [0, 0.05) is 17.5 Å². The van der Waals surface area contributed by atoms with Crippen LogP contribution in [-0.2, 0) is 16.4 Å². The van der Waals surface area contributed by atoms with Crippen LogP contribution in [0.5, 0.6) is 0 Å². The summed E-state index contributed by atoms with van der Waals surface area (Å²) in [4.78, 5) is 1.05. The number of sulfonamides is 1. The van der Waals surface area contributed by atoms with Crippen molar-refractivity contribution < 1.29 is 8.42 Å². The summed E-state index contributed by atoms with van der Waals surface area (Å²) in [7, 11) is -3.30. The van der Waals surface area contributed by atoms with Gasteiger partial charge in [-0.15, -0.1) is 11.3 Å². The molecule has 108 valence electrons. The van der Waals surface area contributed by atoms with E-state index in [4.69, 9.17) is 5.73 Å². The van der Waals surface area contributed by atoms with Gasteiger partial charge in [-0.25, -0.2) is 8.42 Å². The van der Waals surface area contributed by atoms with Crippen LogP contribution < -0.4 is 5.73 Å². The number of rotatable bonds is 8. The van der Waals surface area contributed by atoms with Crippen molar-refractivity contribution in [1.29, 1.82) is 0 Å². The summed E-state index contributed by atoms with van der Waals surface area (Å²) in [6, 6.07) is 3.85. The van der Waals surface area contributed by atoms with Crippen LogP contribution in [0.15, 0.2) is 16.3 Å². The lowest BCUT2D eigenvalue weighted by atomic mass is 10.3. The summed E-state index contributed by atoms with van der Waals surface area (Å²) >= 11 is 1.36. The van der Waals surface area contributed by atoms with E-state index in [0.717, 1.165) is 37.0 Å². The third-order valence-corrected chi connectivity index (χ3v) is 6.84. The standard InChI is InChI=1S/C13H22N2O2S2/c1-2-3-10-15(11-4-5-11)19(16,17)13-7-6-12(18-13)8-9-14/h6-7,11H,2-5,8-10,14H2,1H3. The molecule has 0 spiro atoms. The van der Waals surface area contributed by atoms with Gasteiger partial charge in [-0.2, -0.15) is 4.31 Å². The molecule has 1 aliphatic rings. The average Bonchev–Trinajstić information content (AvgIpc) is 3.08. The van der Waals surface area contributed by atoms with Gasteiger partial charge in [-0.1, -0.05) is 13.3 Å². The molecule has 0 aliphatic heterocycles. The molecule has 0 radical (unpaired) electrons. The van der Waals surface area contributed by atoms with Crippen molar-refractivity contribution in [1.82, 2.24) is 4.31 Å². The Morgan fingerprint density at radius 3 is 2.74 bits per heavy atom. The third kappa shape index (κ3) is 3.56. The van der Waals surface area contributed by atoms with Gasteiger partial charge >= 0.3 is 0 Å². The Balaban J connectivity index is 2.17.